The molecule has 0 radical (unpaired) electrons. The molecule has 0 saturated carbocycles. The number of methoxy groups -OCH3 is 1. The van der Waals surface area contributed by atoms with E-state index in [1.54, 1.807) is 25.3 Å². The molecule has 1 rings (SSSR count). The molecule has 0 aliphatic carbocycles. The minimum atomic E-state index is -0.632. The molecule has 1 aromatic carbocycles. The highest BCUT2D eigenvalue weighted by atomic mass is 35.5. The van der Waals surface area contributed by atoms with E-state index in [2.05, 4.69) is 0 Å². The van der Waals surface area contributed by atoms with E-state index in [4.69, 9.17) is 22.1 Å². The fourth-order valence-electron chi connectivity index (χ4n) is 1.93. The molecule has 0 heterocycles. The molecule has 0 saturated heterocycles. The summed E-state index contributed by atoms with van der Waals surface area (Å²) in [6.45, 7) is 4.52. The largest absolute Gasteiger partial charge is 0.496 e. The van der Waals surface area contributed by atoms with Crippen LogP contribution in [0.4, 0.5) is 0 Å². The second-order valence-corrected chi connectivity index (χ2v) is 4.91. The highest BCUT2D eigenvalue weighted by Gasteiger charge is 2.25. The summed E-state index contributed by atoms with van der Waals surface area (Å²) in [6.07, 6.45) is -0.632. The molecular formula is C13H20ClNO2. The number of nitrogens with two attached hydrogens (primary N) is 1. The topological polar surface area (TPSA) is 55.5 Å². The van der Waals surface area contributed by atoms with E-state index in [0.717, 1.165) is 5.56 Å². The van der Waals surface area contributed by atoms with Crippen LogP contribution in [-0.4, -0.2) is 18.8 Å². The van der Waals surface area contributed by atoms with E-state index in [1.807, 2.05) is 13.8 Å². The summed E-state index contributed by atoms with van der Waals surface area (Å²) < 4.78 is 5.24. The third-order valence-electron chi connectivity index (χ3n) is 3.05. The third-order valence-corrected chi connectivity index (χ3v) is 3.28. The molecule has 2 unspecified atom stereocenters. The quantitative estimate of drug-likeness (QED) is 0.853. The average Bonchev–Trinajstić information content (AvgIpc) is 2.28. The number of benzene rings is 1. The number of rotatable bonds is 5. The van der Waals surface area contributed by atoms with Crippen molar-refractivity contribution in [1.29, 1.82) is 0 Å². The van der Waals surface area contributed by atoms with Crippen LogP contribution >= 0.6 is 11.6 Å². The molecule has 0 aromatic heterocycles. The van der Waals surface area contributed by atoms with Crippen LogP contribution in [0.2, 0.25) is 5.02 Å². The Kier molecular flexibility index (Phi) is 5.25. The maximum Gasteiger partial charge on any atom is 0.126 e. The normalized spacial score (nSPS) is 14.8. The third kappa shape index (κ3) is 3.35. The Balaban J connectivity index is 3.06. The van der Waals surface area contributed by atoms with E-state index >= 15 is 0 Å². The van der Waals surface area contributed by atoms with E-state index < -0.39 is 6.10 Å². The first-order chi connectivity index (χ1) is 8.01. The molecule has 0 fully saturated rings. The van der Waals surface area contributed by atoms with Crippen molar-refractivity contribution in [2.45, 2.75) is 20.0 Å². The Morgan fingerprint density at radius 3 is 2.53 bits per heavy atom. The number of ether oxygens (including phenoxy) is 1. The van der Waals surface area contributed by atoms with E-state index in [-0.39, 0.29) is 5.92 Å². The summed E-state index contributed by atoms with van der Waals surface area (Å²) in [5.74, 6) is 0.907. The molecule has 0 spiro atoms. The van der Waals surface area contributed by atoms with Crippen molar-refractivity contribution in [2.24, 2.45) is 17.6 Å². The minimum absolute atomic E-state index is 0.00470. The first-order valence-electron chi connectivity index (χ1n) is 5.72. The summed E-state index contributed by atoms with van der Waals surface area (Å²) in [6, 6.07) is 5.24. The van der Waals surface area contributed by atoms with Crippen molar-refractivity contribution in [3.8, 4) is 5.75 Å². The molecule has 17 heavy (non-hydrogen) atoms. The van der Waals surface area contributed by atoms with E-state index in [9.17, 15) is 5.11 Å². The molecule has 0 bridgehead atoms. The fourth-order valence-corrected chi connectivity index (χ4v) is 2.09. The van der Waals surface area contributed by atoms with Crippen LogP contribution < -0.4 is 10.5 Å². The zero-order chi connectivity index (χ0) is 13.0. The fraction of sp³-hybridized carbons (Fsp3) is 0.538. The SMILES string of the molecule is COc1cc(Cl)ccc1C(O)C(CN)C(C)C. The van der Waals surface area contributed by atoms with Gasteiger partial charge in [0.15, 0.2) is 0 Å². The van der Waals surface area contributed by atoms with Crippen LogP contribution in [0.1, 0.15) is 25.5 Å². The molecule has 0 amide bonds. The Morgan fingerprint density at radius 1 is 1.41 bits per heavy atom. The smallest absolute Gasteiger partial charge is 0.126 e. The van der Waals surface area contributed by atoms with Gasteiger partial charge in [-0.2, -0.15) is 0 Å². The lowest BCUT2D eigenvalue weighted by Crippen LogP contribution is -2.26. The van der Waals surface area contributed by atoms with E-state index in [1.165, 1.54) is 0 Å². The maximum absolute atomic E-state index is 10.4. The monoisotopic (exact) mass is 257 g/mol. The summed E-state index contributed by atoms with van der Waals surface area (Å²) in [4.78, 5) is 0. The lowest BCUT2D eigenvalue weighted by atomic mass is 9.86. The van der Waals surface area contributed by atoms with Gasteiger partial charge in [0.1, 0.15) is 5.75 Å². The van der Waals surface area contributed by atoms with Gasteiger partial charge in [0.05, 0.1) is 13.2 Å². The Labute approximate surface area is 108 Å². The maximum atomic E-state index is 10.4. The number of aliphatic hydroxyl groups excluding tert-OH is 1. The predicted molar refractivity (Wildman–Crippen MR) is 70.3 cm³/mol. The standard InChI is InChI=1S/C13H20ClNO2/c1-8(2)11(7-15)13(16)10-5-4-9(14)6-12(10)17-3/h4-6,8,11,13,16H,7,15H2,1-3H3. The van der Waals surface area contributed by atoms with Crippen LogP contribution in [-0.2, 0) is 0 Å². The molecule has 4 heteroatoms. The van der Waals surface area contributed by atoms with Crippen molar-refractivity contribution in [1.82, 2.24) is 0 Å². The molecule has 3 N–H and O–H groups in total. The summed E-state index contributed by atoms with van der Waals surface area (Å²) in [7, 11) is 1.56. The van der Waals surface area contributed by atoms with Gasteiger partial charge in [-0.1, -0.05) is 31.5 Å². The first-order valence-corrected chi connectivity index (χ1v) is 6.10. The van der Waals surface area contributed by atoms with Crippen LogP contribution in [0.15, 0.2) is 18.2 Å². The predicted octanol–water partition coefficient (Wildman–Crippen LogP) is 2.61. The van der Waals surface area contributed by atoms with Gasteiger partial charge in [-0.15, -0.1) is 0 Å². The van der Waals surface area contributed by atoms with Crippen molar-refractivity contribution in [2.75, 3.05) is 13.7 Å². The van der Waals surface area contributed by atoms with Gasteiger partial charge < -0.3 is 15.6 Å². The molecule has 0 aliphatic rings. The van der Waals surface area contributed by atoms with Gasteiger partial charge in [0, 0.05) is 16.5 Å². The van der Waals surface area contributed by atoms with Gasteiger partial charge in [-0.3, -0.25) is 0 Å². The van der Waals surface area contributed by atoms with Gasteiger partial charge >= 0.3 is 0 Å². The lowest BCUT2D eigenvalue weighted by molar-refractivity contribution is 0.0837. The first kappa shape index (κ1) is 14.3. The molecule has 96 valence electrons. The van der Waals surface area contributed by atoms with Crippen molar-refractivity contribution >= 4 is 11.6 Å². The molecular weight excluding hydrogens is 238 g/mol. The highest BCUT2D eigenvalue weighted by molar-refractivity contribution is 6.30. The Bertz CT molecular complexity index is 368. The zero-order valence-corrected chi connectivity index (χ0v) is 11.2. The Morgan fingerprint density at radius 2 is 2.06 bits per heavy atom. The molecule has 1 aromatic rings. The number of halogens is 1. The molecule has 3 nitrogen and oxygen atoms in total. The second-order valence-electron chi connectivity index (χ2n) is 4.47. The number of hydrogen-bond donors (Lipinski definition) is 2. The number of aliphatic hydroxyl groups is 1. The summed E-state index contributed by atoms with van der Waals surface area (Å²) in [5.41, 5.74) is 6.44. The summed E-state index contributed by atoms with van der Waals surface area (Å²) in [5, 5.41) is 10.9. The minimum Gasteiger partial charge on any atom is -0.496 e. The van der Waals surface area contributed by atoms with Crippen molar-refractivity contribution in [3.05, 3.63) is 28.8 Å². The van der Waals surface area contributed by atoms with Crippen LogP contribution in [0.25, 0.3) is 0 Å². The lowest BCUT2D eigenvalue weighted by Gasteiger charge is -2.26. The Hall–Kier alpha value is -0.770. The van der Waals surface area contributed by atoms with Gasteiger partial charge in [-0.25, -0.2) is 0 Å². The number of hydrogen-bond acceptors (Lipinski definition) is 3. The second kappa shape index (κ2) is 6.24. The van der Waals surface area contributed by atoms with Crippen molar-refractivity contribution in [3.63, 3.8) is 0 Å². The van der Waals surface area contributed by atoms with E-state index in [0.29, 0.717) is 23.2 Å². The molecule has 0 aliphatic heterocycles. The van der Waals surface area contributed by atoms with Crippen molar-refractivity contribution < 1.29 is 9.84 Å². The van der Waals surface area contributed by atoms with Crippen LogP contribution in [0, 0.1) is 11.8 Å². The van der Waals surface area contributed by atoms with Crippen LogP contribution in [0.3, 0.4) is 0 Å². The summed E-state index contributed by atoms with van der Waals surface area (Å²) >= 11 is 5.89. The highest BCUT2D eigenvalue weighted by Crippen LogP contribution is 2.34. The zero-order valence-electron chi connectivity index (χ0n) is 10.5. The average molecular weight is 258 g/mol. The van der Waals surface area contributed by atoms with Gasteiger partial charge in [-0.05, 0) is 24.6 Å². The van der Waals surface area contributed by atoms with Gasteiger partial charge in [0.2, 0.25) is 0 Å². The van der Waals surface area contributed by atoms with Gasteiger partial charge in [0.25, 0.3) is 0 Å². The molecule has 2 atom stereocenters. The van der Waals surface area contributed by atoms with Crippen LogP contribution in [0.5, 0.6) is 5.75 Å².